The summed E-state index contributed by atoms with van der Waals surface area (Å²) >= 11 is 8.61. The van der Waals surface area contributed by atoms with Crippen molar-refractivity contribution in [3.63, 3.8) is 0 Å². The van der Waals surface area contributed by atoms with Crippen LogP contribution in [0.1, 0.15) is 68.2 Å². The number of hydrogen-bond acceptors (Lipinski definition) is 15. The Morgan fingerprint density at radius 2 is 0.989 bits per heavy atom. The normalized spacial score (nSPS) is 17.2. The summed E-state index contributed by atoms with van der Waals surface area (Å²) < 4.78 is 0. The van der Waals surface area contributed by atoms with E-state index in [-0.39, 0.29) is 75.5 Å². The van der Waals surface area contributed by atoms with Crippen LogP contribution in [0.5, 0.6) is 0 Å². The molecule has 4 aromatic carbocycles. The number of nitrogens with two attached hydrogens (primary N) is 1. The molecule has 2 fully saturated rings. The summed E-state index contributed by atoms with van der Waals surface area (Å²) in [5, 5.41) is 42.1. The van der Waals surface area contributed by atoms with Gasteiger partial charge in [0, 0.05) is 61.0 Å². The number of hydrogen-bond donors (Lipinski definition) is 14. The second kappa shape index (κ2) is 34.6. The van der Waals surface area contributed by atoms with E-state index < -0.39 is 139 Å². The zero-order valence-electron chi connectivity index (χ0n) is 51.3. The van der Waals surface area contributed by atoms with Gasteiger partial charge in [-0.15, -0.1) is 0 Å². The predicted octanol–water partition coefficient (Wildman–Crippen LogP) is 0.240. The number of aromatic nitrogens is 1. The lowest BCUT2D eigenvalue weighted by Crippen LogP contribution is -2.61. The number of thiol groups is 2. The maximum absolute atomic E-state index is 15.0. The van der Waals surface area contributed by atoms with E-state index in [2.05, 4.69) is 72.8 Å². The van der Waals surface area contributed by atoms with Gasteiger partial charge in [-0.05, 0) is 72.8 Å². The van der Waals surface area contributed by atoms with Crippen LogP contribution in [0.4, 0.5) is 0 Å². The number of nitrogens with zero attached hydrogens (tertiary/aromatic N) is 2. The lowest BCUT2D eigenvalue weighted by atomic mass is 9.99. The standard InChI is InChI=1S/C65H82N12O13S2/c1-38(2)28-46(70-58(82)47(32-42-33-67-45-23-13-12-22-43(42)45)71-59(83)50(35-78)74-60(84)51(36-91)69-55(79)34-68-56(80)44(66)29-39-16-6-3-7-17-39)57(81)72-48(30-40-18-8-4-9-19-40)63(87)76-26-14-25-54(76)62(86)75-52(37-92)64(88)77-27-15-24-53(77)61(85)73-49(65(89)90)31-41-20-10-5-11-21-41/h3-13,16-23,33,38,44,46-54,67,78,91-92H,14-15,24-32,34-37,66H2,1-2H3,(H,68,80)(H,69,79)(H,70,82)(H,71,83)(H,72,81)(H,73,85)(H,74,84)(H,75,86)(H,89,90)/t44-,46-,47-,48-,49-,50-,51-,52-,53-,54-/m0/s1. The number of aromatic amines is 1. The Labute approximate surface area is 544 Å². The fourth-order valence-electron chi connectivity index (χ4n) is 11.2. The molecule has 2 saturated heterocycles. The largest absolute Gasteiger partial charge is 0.480 e. The summed E-state index contributed by atoms with van der Waals surface area (Å²) in [7, 11) is 0. The molecule has 1 aromatic heterocycles. The van der Waals surface area contributed by atoms with Crippen LogP contribution >= 0.6 is 25.3 Å². The minimum atomic E-state index is -1.68. The fraction of sp³-hybridized carbons (Fsp3) is 0.431. The molecule has 7 rings (SSSR count). The molecule has 27 heteroatoms. The Bertz CT molecular complexity index is 3380. The number of H-pyrrole nitrogens is 1. The molecule has 0 bridgehead atoms. The zero-order chi connectivity index (χ0) is 66.4. The average Bonchev–Trinajstić information content (AvgIpc) is 3.91. The molecule has 10 amide bonds. The quantitative estimate of drug-likeness (QED) is 0.0257. The molecule has 92 heavy (non-hydrogen) atoms. The number of rotatable bonds is 32. The summed E-state index contributed by atoms with van der Waals surface area (Å²) in [5.41, 5.74) is 9.49. The van der Waals surface area contributed by atoms with E-state index in [1.54, 1.807) is 109 Å². The van der Waals surface area contributed by atoms with Crippen molar-refractivity contribution >= 4 is 101 Å². The molecule has 13 N–H and O–H groups in total. The van der Waals surface area contributed by atoms with Crippen LogP contribution in [0.3, 0.4) is 0 Å². The molecule has 2 aliphatic heterocycles. The van der Waals surface area contributed by atoms with Crippen molar-refractivity contribution in [1.82, 2.24) is 57.3 Å². The van der Waals surface area contributed by atoms with Gasteiger partial charge in [0.15, 0.2) is 0 Å². The topological polar surface area (TPSA) is 373 Å². The number of likely N-dealkylation sites (tertiary alicyclic amines) is 2. The maximum atomic E-state index is 15.0. The van der Waals surface area contributed by atoms with Gasteiger partial charge in [0.1, 0.15) is 54.4 Å². The Morgan fingerprint density at radius 1 is 0.533 bits per heavy atom. The number of aliphatic carboxylic acids is 1. The van der Waals surface area contributed by atoms with Crippen LogP contribution in [-0.2, 0) is 78.4 Å². The van der Waals surface area contributed by atoms with E-state index in [0.717, 1.165) is 5.56 Å². The first kappa shape index (κ1) is 70.7. The van der Waals surface area contributed by atoms with Crippen molar-refractivity contribution in [1.29, 1.82) is 0 Å². The number of fused-ring (bicyclic) bond motifs is 1. The first-order valence-electron chi connectivity index (χ1n) is 30.7. The van der Waals surface area contributed by atoms with Gasteiger partial charge in [-0.1, -0.05) is 123 Å². The smallest absolute Gasteiger partial charge is 0.326 e. The van der Waals surface area contributed by atoms with Crippen molar-refractivity contribution in [2.24, 2.45) is 11.7 Å². The molecule has 25 nitrogen and oxygen atoms in total. The highest BCUT2D eigenvalue weighted by Crippen LogP contribution is 2.24. The number of nitrogens with one attached hydrogen (secondary N) is 9. The van der Waals surface area contributed by atoms with E-state index >= 15 is 0 Å². The first-order chi connectivity index (χ1) is 44.2. The summed E-state index contributed by atoms with van der Waals surface area (Å²) in [5.74, 6) is -9.46. The first-order valence-corrected chi connectivity index (χ1v) is 31.9. The molecule has 0 radical (unpaired) electrons. The van der Waals surface area contributed by atoms with Crippen LogP contribution in [0, 0.1) is 5.92 Å². The minimum Gasteiger partial charge on any atom is -0.480 e. The third kappa shape index (κ3) is 19.9. The zero-order valence-corrected chi connectivity index (χ0v) is 53.0. The van der Waals surface area contributed by atoms with Crippen LogP contribution in [0.25, 0.3) is 10.9 Å². The molecule has 2 aliphatic rings. The monoisotopic (exact) mass is 1300 g/mol. The van der Waals surface area contributed by atoms with Crippen LogP contribution in [-0.4, -0.2) is 188 Å². The molecular weight excluding hydrogens is 1220 g/mol. The van der Waals surface area contributed by atoms with Gasteiger partial charge < -0.3 is 73.3 Å². The number of carboxylic acid groups (broad SMARTS) is 1. The Balaban J connectivity index is 1.03. The fourth-order valence-corrected chi connectivity index (χ4v) is 11.7. The summed E-state index contributed by atoms with van der Waals surface area (Å²) in [4.78, 5) is 158. The number of aliphatic hydroxyl groups is 1. The number of carbonyl (C=O) groups excluding carboxylic acids is 10. The molecule has 492 valence electrons. The molecular formula is C65H82N12O13S2. The highest BCUT2D eigenvalue weighted by molar-refractivity contribution is 7.80. The number of carboxylic acids is 1. The van der Waals surface area contributed by atoms with Gasteiger partial charge in [0.25, 0.3) is 0 Å². The van der Waals surface area contributed by atoms with E-state index in [1.165, 1.54) is 9.80 Å². The molecule has 0 unspecified atom stereocenters. The molecule has 0 aliphatic carbocycles. The SMILES string of the molecule is CC(C)C[C@H](NC(=O)[C@H](Cc1c[nH]c2ccccc12)NC(=O)[C@H](CO)NC(=O)[C@H](CS)NC(=O)CNC(=O)[C@@H](N)Cc1ccccc1)C(=O)N[C@@H](Cc1ccccc1)C(=O)N1CCC[C@H]1C(=O)N[C@@H](CS)C(=O)N1CCC[C@H]1C(=O)N[C@@H](Cc1ccccc1)C(=O)O. The number of amides is 10. The Kier molecular flexibility index (Phi) is 26.6. The minimum absolute atomic E-state index is 0.0115. The summed E-state index contributed by atoms with van der Waals surface area (Å²) in [6.07, 6.45) is 2.96. The van der Waals surface area contributed by atoms with Crippen LogP contribution < -0.4 is 48.3 Å². The van der Waals surface area contributed by atoms with Gasteiger partial charge in [-0.2, -0.15) is 25.3 Å². The van der Waals surface area contributed by atoms with Gasteiger partial charge in [-0.25, -0.2) is 4.79 Å². The van der Waals surface area contributed by atoms with Crippen LogP contribution in [0.2, 0.25) is 0 Å². The van der Waals surface area contributed by atoms with E-state index in [1.807, 2.05) is 26.0 Å². The van der Waals surface area contributed by atoms with Gasteiger partial charge in [0.2, 0.25) is 59.1 Å². The summed E-state index contributed by atoms with van der Waals surface area (Å²) in [6.45, 7) is 2.38. The Morgan fingerprint density at radius 3 is 1.53 bits per heavy atom. The molecule has 5 aromatic rings. The third-order valence-electron chi connectivity index (χ3n) is 16.0. The third-order valence-corrected chi connectivity index (χ3v) is 16.8. The predicted molar refractivity (Wildman–Crippen MR) is 348 cm³/mol. The lowest BCUT2D eigenvalue weighted by molar-refractivity contribution is -0.145. The average molecular weight is 1300 g/mol. The second-order valence-corrected chi connectivity index (χ2v) is 24.1. The highest BCUT2D eigenvalue weighted by Gasteiger charge is 2.43. The maximum Gasteiger partial charge on any atom is 0.326 e. The second-order valence-electron chi connectivity index (χ2n) is 23.3. The van der Waals surface area contributed by atoms with Crippen molar-refractivity contribution in [3.05, 3.63) is 144 Å². The lowest BCUT2D eigenvalue weighted by Gasteiger charge is -2.32. The van der Waals surface area contributed by atoms with Gasteiger partial charge >= 0.3 is 5.97 Å². The van der Waals surface area contributed by atoms with Crippen molar-refractivity contribution in [3.8, 4) is 0 Å². The van der Waals surface area contributed by atoms with E-state index in [4.69, 9.17) is 5.73 Å². The van der Waals surface area contributed by atoms with Gasteiger partial charge in [0.05, 0.1) is 19.2 Å². The van der Waals surface area contributed by atoms with Gasteiger partial charge in [-0.3, -0.25) is 47.9 Å². The molecule has 10 atom stereocenters. The highest BCUT2D eigenvalue weighted by atomic mass is 32.1. The van der Waals surface area contributed by atoms with E-state index in [0.29, 0.717) is 40.4 Å². The molecule has 0 spiro atoms. The number of carbonyl (C=O) groups is 11. The van der Waals surface area contributed by atoms with Crippen molar-refractivity contribution in [2.75, 3.05) is 37.7 Å². The Hall–Kier alpha value is -8.79. The van der Waals surface area contributed by atoms with Crippen molar-refractivity contribution in [2.45, 2.75) is 132 Å². The van der Waals surface area contributed by atoms with E-state index in [9.17, 15) is 63.0 Å². The number of benzene rings is 4. The van der Waals surface area contributed by atoms with Crippen LogP contribution in [0.15, 0.2) is 121 Å². The van der Waals surface area contributed by atoms with Crippen molar-refractivity contribution < 1.29 is 63.0 Å². The number of para-hydroxylation sites is 1. The molecule has 3 heterocycles. The summed E-state index contributed by atoms with van der Waals surface area (Å²) in [6, 6.07) is 21.0. The number of aliphatic hydroxyl groups excluding tert-OH is 1. The molecule has 0 saturated carbocycles.